The lowest BCUT2D eigenvalue weighted by molar-refractivity contribution is 0.324. The third-order valence-corrected chi connectivity index (χ3v) is 4.56. The molecule has 0 fully saturated rings. The molecule has 0 saturated carbocycles. The fourth-order valence-electron chi connectivity index (χ4n) is 3.03. The van der Waals surface area contributed by atoms with Gasteiger partial charge in [-0.1, -0.05) is 19.3 Å². The fraction of sp³-hybridized carbons (Fsp3) is 0.682. The zero-order valence-corrected chi connectivity index (χ0v) is 19.1. The van der Waals surface area contributed by atoms with Gasteiger partial charge in [-0.15, -0.1) is 0 Å². The maximum atomic E-state index is 5.42. The molecule has 0 spiro atoms. The van der Waals surface area contributed by atoms with Crippen LogP contribution in [0.4, 0.5) is 0 Å². The van der Waals surface area contributed by atoms with Gasteiger partial charge in [0.15, 0.2) is 17.5 Å². The van der Waals surface area contributed by atoms with Crippen molar-refractivity contribution in [2.75, 3.05) is 55.1 Å². The number of unbranched alkanes of at least 4 members (excludes halogenated alkanes) is 4. The molecule has 0 bridgehead atoms. The van der Waals surface area contributed by atoms with Crippen molar-refractivity contribution in [2.24, 2.45) is 4.99 Å². The van der Waals surface area contributed by atoms with Gasteiger partial charge in [-0.05, 0) is 58.1 Å². The van der Waals surface area contributed by atoms with Gasteiger partial charge in [0, 0.05) is 13.1 Å². The van der Waals surface area contributed by atoms with Gasteiger partial charge in [0.25, 0.3) is 0 Å². The predicted molar refractivity (Wildman–Crippen MR) is 121 cm³/mol. The van der Waals surface area contributed by atoms with Crippen LogP contribution in [0.2, 0.25) is 0 Å². The number of hydrogen-bond donors (Lipinski definition) is 2. The smallest absolute Gasteiger partial charge is 0.203 e. The highest BCUT2D eigenvalue weighted by Gasteiger charge is 2.13. The van der Waals surface area contributed by atoms with E-state index in [0.29, 0.717) is 23.8 Å². The van der Waals surface area contributed by atoms with Gasteiger partial charge in [-0.2, -0.15) is 0 Å². The van der Waals surface area contributed by atoms with Gasteiger partial charge >= 0.3 is 0 Å². The Labute approximate surface area is 176 Å². The Hall–Kier alpha value is -2.15. The molecular weight excluding hydrogens is 368 g/mol. The minimum atomic E-state index is 0.524. The van der Waals surface area contributed by atoms with Crippen LogP contribution in [0.3, 0.4) is 0 Å². The van der Waals surface area contributed by atoms with E-state index in [1.807, 2.05) is 12.1 Å². The molecule has 7 heteroatoms. The minimum Gasteiger partial charge on any atom is -0.493 e. The summed E-state index contributed by atoms with van der Waals surface area (Å²) in [5.41, 5.74) is 0.998. The van der Waals surface area contributed by atoms with Crippen molar-refractivity contribution in [3.63, 3.8) is 0 Å². The highest BCUT2D eigenvalue weighted by atomic mass is 16.5. The van der Waals surface area contributed by atoms with Crippen molar-refractivity contribution >= 4 is 5.96 Å². The van der Waals surface area contributed by atoms with Crippen LogP contribution in [0.5, 0.6) is 17.2 Å². The van der Waals surface area contributed by atoms with Crippen LogP contribution in [-0.4, -0.2) is 65.9 Å². The second kappa shape index (κ2) is 14.8. The molecule has 1 rings (SSSR count). The first kappa shape index (κ1) is 24.9. The largest absolute Gasteiger partial charge is 0.493 e. The Morgan fingerprint density at radius 1 is 0.897 bits per heavy atom. The van der Waals surface area contributed by atoms with E-state index in [0.717, 1.165) is 31.0 Å². The third-order valence-electron chi connectivity index (χ3n) is 4.56. The average Bonchev–Trinajstić information content (AvgIpc) is 2.72. The Morgan fingerprint density at radius 3 is 2.07 bits per heavy atom. The second-order valence-electron chi connectivity index (χ2n) is 7.23. The lowest BCUT2D eigenvalue weighted by Gasteiger charge is -2.14. The van der Waals surface area contributed by atoms with E-state index >= 15 is 0 Å². The summed E-state index contributed by atoms with van der Waals surface area (Å²) in [6, 6.07) is 3.87. The number of aliphatic imine (C=N–C) groups is 1. The summed E-state index contributed by atoms with van der Waals surface area (Å²) in [4.78, 5) is 6.94. The number of ether oxygens (including phenoxy) is 3. The van der Waals surface area contributed by atoms with Gasteiger partial charge in [-0.25, -0.2) is 4.99 Å². The maximum absolute atomic E-state index is 5.42. The van der Waals surface area contributed by atoms with E-state index in [1.165, 1.54) is 32.2 Å². The summed E-state index contributed by atoms with van der Waals surface area (Å²) in [6.07, 6.45) is 6.25. The highest BCUT2D eigenvalue weighted by Crippen LogP contribution is 2.38. The first-order chi connectivity index (χ1) is 14.0. The first-order valence-corrected chi connectivity index (χ1v) is 10.5. The van der Waals surface area contributed by atoms with E-state index in [-0.39, 0.29) is 0 Å². The van der Waals surface area contributed by atoms with E-state index < -0.39 is 0 Å². The molecule has 0 unspecified atom stereocenters. The Bertz CT molecular complexity index is 581. The Balaban J connectivity index is 2.53. The van der Waals surface area contributed by atoms with Crippen LogP contribution in [0, 0.1) is 0 Å². The quantitative estimate of drug-likeness (QED) is 0.280. The van der Waals surface area contributed by atoms with Crippen molar-refractivity contribution in [2.45, 2.75) is 45.6 Å². The van der Waals surface area contributed by atoms with Gasteiger partial charge in [0.2, 0.25) is 5.75 Å². The SMILES string of the molecule is CCNC(=NCc1cc(OC)c(OC)c(OC)c1)NCCCCCCCN(C)C. The van der Waals surface area contributed by atoms with Crippen molar-refractivity contribution in [1.29, 1.82) is 0 Å². The van der Waals surface area contributed by atoms with E-state index in [9.17, 15) is 0 Å². The number of nitrogens with one attached hydrogen (secondary N) is 2. The van der Waals surface area contributed by atoms with Gasteiger partial charge in [0.05, 0.1) is 27.9 Å². The summed E-state index contributed by atoms with van der Waals surface area (Å²) in [6.45, 7) is 5.52. The molecule has 0 aliphatic rings. The Kier molecular flexibility index (Phi) is 12.7. The van der Waals surface area contributed by atoms with Gasteiger partial charge in [-0.3, -0.25) is 0 Å². The molecule has 7 nitrogen and oxygen atoms in total. The van der Waals surface area contributed by atoms with E-state index in [1.54, 1.807) is 21.3 Å². The normalized spacial score (nSPS) is 11.5. The van der Waals surface area contributed by atoms with Crippen LogP contribution >= 0.6 is 0 Å². The van der Waals surface area contributed by atoms with Gasteiger partial charge < -0.3 is 29.7 Å². The number of benzene rings is 1. The molecule has 0 aliphatic carbocycles. The van der Waals surface area contributed by atoms with Crippen LogP contribution in [0.25, 0.3) is 0 Å². The number of hydrogen-bond acceptors (Lipinski definition) is 5. The molecule has 2 N–H and O–H groups in total. The number of methoxy groups -OCH3 is 3. The number of rotatable bonds is 14. The molecule has 0 amide bonds. The lowest BCUT2D eigenvalue weighted by Crippen LogP contribution is -2.37. The van der Waals surface area contributed by atoms with Crippen LogP contribution < -0.4 is 24.8 Å². The second-order valence-corrected chi connectivity index (χ2v) is 7.23. The molecule has 0 heterocycles. The molecule has 1 aromatic rings. The molecule has 166 valence electrons. The summed E-state index contributed by atoms with van der Waals surface area (Å²) in [7, 11) is 9.10. The standard InChI is InChI=1S/C22H40N4O3/c1-7-23-22(24-13-11-9-8-10-12-14-26(2)3)25-17-18-15-19(27-4)21(29-6)20(16-18)28-5/h15-16H,7-14,17H2,1-6H3,(H2,23,24,25). The molecule has 0 aromatic heterocycles. The zero-order chi connectivity index (χ0) is 21.5. The predicted octanol–water partition coefficient (Wildman–Crippen LogP) is 3.28. The van der Waals surface area contributed by atoms with Crippen molar-refractivity contribution in [3.8, 4) is 17.2 Å². The fourth-order valence-corrected chi connectivity index (χ4v) is 3.03. The summed E-state index contributed by atoms with van der Waals surface area (Å²) < 4.78 is 16.2. The van der Waals surface area contributed by atoms with E-state index in [2.05, 4.69) is 36.6 Å². The molecule has 1 aromatic carbocycles. The zero-order valence-electron chi connectivity index (χ0n) is 19.1. The van der Waals surface area contributed by atoms with E-state index in [4.69, 9.17) is 19.2 Å². The number of nitrogens with zero attached hydrogens (tertiary/aromatic N) is 2. The molecule has 29 heavy (non-hydrogen) atoms. The van der Waals surface area contributed by atoms with Crippen molar-refractivity contribution < 1.29 is 14.2 Å². The van der Waals surface area contributed by atoms with Crippen molar-refractivity contribution in [3.05, 3.63) is 17.7 Å². The first-order valence-electron chi connectivity index (χ1n) is 10.5. The number of guanidine groups is 1. The lowest BCUT2D eigenvalue weighted by atomic mass is 10.1. The maximum Gasteiger partial charge on any atom is 0.203 e. The highest BCUT2D eigenvalue weighted by molar-refractivity contribution is 5.79. The van der Waals surface area contributed by atoms with Crippen LogP contribution in [-0.2, 0) is 6.54 Å². The molecule has 0 aliphatic heterocycles. The molecule has 0 saturated heterocycles. The average molecular weight is 409 g/mol. The summed E-state index contributed by atoms with van der Waals surface area (Å²) in [5.74, 6) is 2.71. The topological polar surface area (TPSA) is 67.4 Å². The van der Waals surface area contributed by atoms with Crippen LogP contribution in [0.1, 0.15) is 44.6 Å². The Morgan fingerprint density at radius 2 is 1.52 bits per heavy atom. The molecule has 0 atom stereocenters. The van der Waals surface area contributed by atoms with Crippen molar-refractivity contribution in [1.82, 2.24) is 15.5 Å². The molecular formula is C22H40N4O3. The monoisotopic (exact) mass is 408 g/mol. The third kappa shape index (κ3) is 9.74. The summed E-state index contributed by atoms with van der Waals surface area (Å²) in [5, 5.41) is 6.73. The molecule has 0 radical (unpaired) electrons. The van der Waals surface area contributed by atoms with Crippen LogP contribution in [0.15, 0.2) is 17.1 Å². The summed E-state index contributed by atoms with van der Waals surface area (Å²) >= 11 is 0. The van der Waals surface area contributed by atoms with Gasteiger partial charge in [0.1, 0.15) is 0 Å². The minimum absolute atomic E-state index is 0.524.